The van der Waals surface area contributed by atoms with Gasteiger partial charge in [0.05, 0.1) is 6.04 Å². The number of nitriles is 1. The number of aryl methyl sites for hydroxylation is 1. The number of hydrogen-bond acceptors (Lipinski definition) is 3. The van der Waals surface area contributed by atoms with E-state index in [1.807, 2.05) is 6.07 Å². The number of amides is 1. The van der Waals surface area contributed by atoms with Gasteiger partial charge in [-0.05, 0) is 32.0 Å². The molecule has 0 radical (unpaired) electrons. The molecule has 5 nitrogen and oxygen atoms in total. The molecule has 2 aromatic heterocycles. The number of carbonyl (C=O) groups is 1. The third kappa shape index (κ3) is 3.09. The van der Waals surface area contributed by atoms with Crippen LogP contribution in [0.4, 0.5) is 8.78 Å². The summed E-state index contributed by atoms with van der Waals surface area (Å²) in [5.41, 5.74) is 0.318. The second-order valence-electron chi connectivity index (χ2n) is 5.78. The van der Waals surface area contributed by atoms with Crippen LogP contribution < -0.4 is 5.32 Å². The molecule has 3 rings (SSSR count). The molecule has 2 heterocycles. The highest BCUT2D eigenvalue weighted by Crippen LogP contribution is 2.26. The second kappa shape index (κ2) is 6.84. The van der Waals surface area contributed by atoms with E-state index >= 15 is 0 Å². The Labute approximate surface area is 148 Å². The normalized spacial score (nSPS) is 11.8. The van der Waals surface area contributed by atoms with Gasteiger partial charge in [0.15, 0.2) is 0 Å². The number of carbonyl (C=O) groups excluding carboxylic acids is 1. The Bertz CT molecular complexity index is 1000. The monoisotopic (exact) mass is 355 g/mol. The van der Waals surface area contributed by atoms with Crippen LogP contribution in [0.25, 0.3) is 5.88 Å². The zero-order valence-electron chi connectivity index (χ0n) is 14.1. The largest absolute Gasteiger partial charge is 0.443 e. The minimum Gasteiger partial charge on any atom is -0.443 e. The summed E-state index contributed by atoms with van der Waals surface area (Å²) >= 11 is 0. The van der Waals surface area contributed by atoms with E-state index in [4.69, 9.17) is 4.42 Å². The summed E-state index contributed by atoms with van der Waals surface area (Å²) in [7, 11) is 0. The first-order chi connectivity index (χ1) is 12.4. The predicted molar refractivity (Wildman–Crippen MR) is 89.7 cm³/mol. The Morgan fingerprint density at radius 3 is 2.62 bits per heavy atom. The molecule has 0 saturated carbocycles. The van der Waals surface area contributed by atoms with E-state index in [2.05, 4.69) is 5.32 Å². The van der Waals surface area contributed by atoms with Gasteiger partial charge in [0.2, 0.25) is 5.88 Å². The SMILES string of the molecule is Cc1oc(-n2cccc2)c(C#N)c1C(=O)N[C@@H](C)c1ccc(F)cc1F. The van der Waals surface area contributed by atoms with Gasteiger partial charge in [-0.15, -0.1) is 0 Å². The first-order valence-corrected chi connectivity index (χ1v) is 7.85. The Morgan fingerprint density at radius 2 is 2.00 bits per heavy atom. The first kappa shape index (κ1) is 17.4. The first-order valence-electron chi connectivity index (χ1n) is 7.85. The number of aromatic nitrogens is 1. The van der Waals surface area contributed by atoms with Crippen molar-refractivity contribution in [2.24, 2.45) is 0 Å². The lowest BCUT2D eigenvalue weighted by molar-refractivity contribution is 0.0937. The quantitative estimate of drug-likeness (QED) is 0.768. The van der Waals surface area contributed by atoms with Gasteiger partial charge >= 0.3 is 0 Å². The molecule has 0 fully saturated rings. The van der Waals surface area contributed by atoms with Crippen LogP contribution in [0.2, 0.25) is 0 Å². The summed E-state index contributed by atoms with van der Waals surface area (Å²) in [6.07, 6.45) is 3.38. The van der Waals surface area contributed by atoms with Crippen LogP contribution in [0, 0.1) is 29.9 Å². The van der Waals surface area contributed by atoms with Gasteiger partial charge in [-0.25, -0.2) is 8.78 Å². The van der Waals surface area contributed by atoms with Crippen molar-refractivity contribution in [1.82, 2.24) is 9.88 Å². The minimum atomic E-state index is -0.754. The van der Waals surface area contributed by atoms with Crippen LogP contribution in [0.15, 0.2) is 47.1 Å². The average molecular weight is 355 g/mol. The zero-order valence-corrected chi connectivity index (χ0v) is 14.1. The molecule has 1 N–H and O–H groups in total. The van der Waals surface area contributed by atoms with Crippen molar-refractivity contribution < 1.29 is 18.0 Å². The fraction of sp³-hybridized carbons (Fsp3) is 0.158. The van der Waals surface area contributed by atoms with Gasteiger partial charge in [0.25, 0.3) is 5.91 Å². The van der Waals surface area contributed by atoms with Crippen molar-refractivity contribution >= 4 is 5.91 Å². The van der Waals surface area contributed by atoms with Crippen molar-refractivity contribution in [2.75, 3.05) is 0 Å². The summed E-state index contributed by atoms with van der Waals surface area (Å²) in [6, 6.07) is 7.94. The summed E-state index contributed by atoms with van der Waals surface area (Å²) in [4.78, 5) is 12.7. The van der Waals surface area contributed by atoms with Crippen LogP contribution in [-0.4, -0.2) is 10.5 Å². The van der Waals surface area contributed by atoms with E-state index in [0.717, 1.165) is 12.1 Å². The molecule has 1 aromatic carbocycles. The molecular formula is C19H15F2N3O2. The third-order valence-corrected chi connectivity index (χ3v) is 4.02. The van der Waals surface area contributed by atoms with Crippen LogP contribution >= 0.6 is 0 Å². The third-order valence-electron chi connectivity index (χ3n) is 4.02. The Hall–Kier alpha value is -3.40. The van der Waals surface area contributed by atoms with Gasteiger partial charge in [0, 0.05) is 24.0 Å². The number of halogens is 2. The van der Waals surface area contributed by atoms with Crippen molar-refractivity contribution in [2.45, 2.75) is 19.9 Å². The Balaban J connectivity index is 1.92. The maximum absolute atomic E-state index is 13.9. The lowest BCUT2D eigenvalue weighted by Gasteiger charge is -2.15. The molecule has 26 heavy (non-hydrogen) atoms. The fourth-order valence-electron chi connectivity index (χ4n) is 2.76. The van der Waals surface area contributed by atoms with E-state index in [-0.39, 0.29) is 28.3 Å². The highest BCUT2D eigenvalue weighted by Gasteiger charge is 2.26. The highest BCUT2D eigenvalue weighted by molar-refractivity contribution is 5.98. The van der Waals surface area contributed by atoms with Gasteiger partial charge in [0.1, 0.15) is 34.6 Å². The number of rotatable bonds is 4. The molecule has 0 unspecified atom stereocenters. The number of hydrogen-bond donors (Lipinski definition) is 1. The predicted octanol–water partition coefficient (Wildman–Crippen LogP) is 4.02. The number of nitrogens with one attached hydrogen (secondary N) is 1. The molecule has 1 atom stereocenters. The minimum absolute atomic E-state index is 0.0861. The standard InChI is InChI=1S/C19H15F2N3O2/c1-11(14-6-5-13(20)9-16(14)21)23-18(25)17-12(2)26-19(15(17)10-22)24-7-3-4-8-24/h3-9,11H,1-2H3,(H,23,25)/t11-/m0/s1. The molecule has 7 heteroatoms. The molecular weight excluding hydrogens is 340 g/mol. The van der Waals surface area contributed by atoms with Gasteiger partial charge < -0.3 is 9.73 Å². The molecule has 0 bridgehead atoms. The molecule has 0 spiro atoms. The van der Waals surface area contributed by atoms with E-state index in [0.29, 0.717) is 0 Å². The zero-order chi connectivity index (χ0) is 18.8. The molecule has 0 aliphatic rings. The van der Waals surface area contributed by atoms with Crippen molar-refractivity contribution in [1.29, 1.82) is 5.26 Å². The van der Waals surface area contributed by atoms with E-state index in [1.54, 1.807) is 42.9 Å². The smallest absolute Gasteiger partial charge is 0.256 e. The van der Waals surface area contributed by atoms with Gasteiger partial charge in [-0.3, -0.25) is 9.36 Å². The Kier molecular flexibility index (Phi) is 4.59. The van der Waals surface area contributed by atoms with Crippen LogP contribution in [0.5, 0.6) is 0 Å². The van der Waals surface area contributed by atoms with Crippen molar-refractivity contribution in [3.05, 3.63) is 76.8 Å². The molecule has 0 aliphatic heterocycles. The summed E-state index contributed by atoms with van der Waals surface area (Å²) in [5, 5.41) is 12.1. The van der Waals surface area contributed by atoms with E-state index in [9.17, 15) is 18.8 Å². The van der Waals surface area contributed by atoms with Crippen molar-refractivity contribution in [3.8, 4) is 12.0 Å². The molecule has 132 valence electrons. The maximum Gasteiger partial charge on any atom is 0.256 e. The molecule has 0 saturated heterocycles. The lowest BCUT2D eigenvalue weighted by Crippen LogP contribution is -2.28. The Morgan fingerprint density at radius 1 is 1.31 bits per heavy atom. The van der Waals surface area contributed by atoms with Crippen LogP contribution in [0.1, 0.15) is 40.2 Å². The number of furan rings is 1. The summed E-state index contributed by atoms with van der Waals surface area (Å²) < 4.78 is 34.1. The van der Waals surface area contributed by atoms with Crippen LogP contribution in [-0.2, 0) is 0 Å². The second-order valence-corrected chi connectivity index (χ2v) is 5.78. The van der Waals surface area contributed by atoms with E-state index < -0.39 is 23.6 Å². The molecule has 0 aliphatic carbocycles. The van der Waals surface area contributed by atoms with E-state index in [1.165, 1.54) is 6.07 Å². The van der Waals surface area contributed by atoms with Gasteiger partial charge in [-0.1, -0.05) is 6.07 Å². The average Bonchev–Trinajstić information content (AvgIpc) is 3.21. The molecule has 3 aromatic rings. The highest BCUT2D eigenvalue weighted by atomic mass is 19.1. The summed E-state index contributed by atoms with van der Waals surface area (Å²) in [5.74, 6) is -1.51. The topological polar surface area (TPSA) is 71.0 Å². The molecule has 1 amide bonds. The number of nitrogens with zero attached hydrogens (tertiary/aromatic N) is 2. The van der Waals surface area contributed by atoms with Crippen LogP contribution in [0.3, 0.4) is 0 Å². The maximum atomic E-state index is 13.9. The van der Waals surface area contributed by atoms with Gasteiger partial charge in [-0.2, -0.15) is 5.26 Å². The fourth-order valence-corrected chi connectivity index (χ4v) is 2.76. The lowest BCUT2D eigenvalue weighted by atomic mass is 10.1. The van der Waals surface area contributed by atoms with Crippen molar-refractivity contribution in [3.63, 3.8) is 0 Å². The number of benzene rings is 1. The summed E-state index contributed by atoms with van der Waals surface area (Å²) in [6.45, 7) is 3.15.